The number of rotatable bonds is 6. The topological polar surface area (TPSA) is 145 Å². The third-order valence-electron chi connectivity index (χ3n) is 5.29. The number of aromatic hydroxyl groups is 1. The number of carbonyl (C=O) groups excluding carboxylic acids is 2. The fourth-order valence-corrected chi connectivity index (χ4v) is 4.40. The van der Waals surface area contributed by atoms with Gasteiger partial charge >= 0.3 is 5.97 Å². The van der Waals surface area contributed by atoms with Crippen molar-refractivity contribution in [3.05, 3.63) is 59.8 Å². The lowest BCUT2D eigenvalue weighted by atomic mass is 10.0. The summed E-state index contributed by atoms with van der Waals surface area (Å²) in [5.41, 5.74) is 0.137. The average Bonchev–Trinajstić information content (AvgIpc) is 3.51. The summed E-state index contributed by atoms with van der Waals surface area (Å²) in [6, 6.07) is 11.0. The first-order valence-corrected chi connectivity index (χ1v) is 12.1. The van der Waals surface area contributed by atoms with Gasteiger partial charge in [-0.15, -0.1) is 10.2 Å². The number of pyridine rings is 1. The van der Waals surface area contributed by atoms with Crippen LogP contribution in [0.1, 0.15) is 50.2 Å². The number of esters is 1. The number of hydrogen-bond acceptors (Lipinski definition) is 11. The van der Waals surface area contributed by atoms with E-state index >= 15 is 0 Å². The summed E-state index contributed by atoms with van der Waals surface area (Å²) < 4.78 is 16.7. The molecule has 38 heavy (non-hydrogen) atoms. The van der Waals surface area contributed by atoms with Crippen LogP contribution < -0.4 is 20.1 Å². The lowest BCUT2D eigenvalue weighted by Gasteiger charge is -2.25. The molecule has 4 aromatic rings. The van der Waals surface area contributed by atoms with Gasteiger partial charge in [0.05, 0.1) is 5.56 Å². The third kappa shape index (κ3) is 5.44. The first-order valence-electron chi connectivity index (χ1n) is 11.3. The number of amides is 1. The van der Waals surface area contributed by atoms with Crippen LogP contribution in [-0.4, -0.2) is 44.6 Å². The molecule has 0 saturated heterocycles. The number of carbonyl (C=O) groups is 2. The molecule has 0 fully saturated rings. The average molecular weight is 538 g/mol. The smallest absolute Gasteiger partial charge is 0.334 e. The number of hydrogen-bond donors (Lipinski definition) is 3. The highest BCUT2D eigenvalue weighted by Gasteiger charge is 2.33. The van der Waals surface area contributed by atoms with Crippen LogP contribution in [0.2, 0.25) is 0 Å². The number of nitrogens with one attached hydrogen (secondary N) is 2. The van der Waals surface area contributed by atoms with Crippen LogP contribution in [-0.2, 0) is 9.53 Å². The highest BCUT2D eigenvalue weighted by Crippen LogP contribution is 2.40. The molecule has 5 rings (SSSR count). The van der Waals surface area contributed by atoms with E-state index < -0.39 is 23.5 Å². The number of para-hydroxylation sites is 1. The number of anilines is 2. The molecule has 3 heterocycles. The summed E-state index contributed by atoms with van der Waals surface area (Å²) in [6.45, 7) is 5.35. The van der Waals surface area contributed by atoms with Gasteiger partial charge in [-0.3, -0.25) is 15.1 Å². The summed E-state index contributed by atoms with van der Waals surface area (Å²) in [5.74, 6) is -0.413. The predicted molar refractivity (Wildman–Crippen MR) is 143 cm³/mol. The first kappa shape index (κ1) is 26.6. The van der Waals surface area contributed by atoms with Crippen molar-refractivity contribution < 1.29 is 28.9 Å². The molecule has 1 atom stereocenters. The van der Waals surface area contributed by atoms with Crippen molar-refractivity contribution in [3.8, 4) is 17.2 Å². The van der Waals surface area contributed by atoms with Gasteiger partial charge < -0.3 is 24.6 Å². The number of phenolic OH excluding ortho intramolecular Hbond substituents is 1. The van der Waals surface area contributed by atoms with Gasteiger partial charge in [0.2, 0.25) is 17.1 Å². The van der Waals surface area contributed by atoms with Gasteiger partial charge in [0.25, 0.3) is 5.91 Å². The molecule has 0 bridgehead atoms. The molecule has 3 N–H and O–H groups in total. The molecular formula is C26H27N5O6S. The van der Waals surface area contributed by atoms with Gasteiger partial charge in [0.1, 0.15) is 11.1 Å². The lowest BCUT2D eigenvalue weighted by molar-refractivity contribution is -0.156. The second-order valence-corrected chi connectivity index (χ2v) is 10.1. The summed E-state index contributed by atoms with van der Waals surface area (Å²) >= 11 is 1.01. The molecule has 1 aliphatic rings. The van der Waals surface area contributed by atoms with Crippen LogP contribution in [0, 0.1) is 0 Å². The van der Waals surface area contributed by atoms with E-state index in [0.717, 1.165) is 11.3 Å². The van der Waals surface area contributed by atoms with E-state index in [2.05, 4.69) is 25.8 Å². The van der Waals surface area contributed by atoms with E-state index in [1.807, 2.05) is 0 Å². The Bertz CT molecular complexity index is 1500. The van der Waals surface area contributed by atoms with E-state index in [-0.39, 0.29) is 35.8 Å². The Hall–Kier alpha value is -4.45. The van der Waals surface area contributed by atoms with Crippen molar-refractivity contribution >= 4 is 44.4 Å². The normalized spacial score (nSPS) is 12.9. The minimum atomic E-state index is -0.983. The predicted octanol–water partition coefficient (Wildman–Crippen LogP) is 4.90. The number of aromatic nitrogens is 3. The fraction of sp³-hybridized carbons (Fsp3) is 0.269. The maximum Gasteiger partial charge on any atom is 0.334 e. The van der Waals surface area contributed by atoms with Crippen molar-refractivity contribution in [1.29, 1.82) is 0 Å². The zero-order chi connectivity index (χ0) is 26.2. The van der Waals surface area contributed by atoms with E-state index in [1.165, 1.54) is 12.3 Å². The van der Waals surface area contributed by atoms with Crippen LogP contribution in [0.4, 0.5) is 10.3 Å². The molecule has 0 radical (unpaired) electrons. The maximum atomic E-state index is 13.1. The van der Waals surface area contributed by atoms with Crippen molar-refractivity contribution in [1.82, 2.24) is 15.2 Å². The zero-order valence-electron chi connectivity index (χ0n) is 20.1. The quantitative estimate of drug-likeness (QED) is 0.290. The van der Waals surface area contributed by atoms with Gasteiger partial charge in [-0.1, -0.05) is 43.0 Å². The third-order valence-corrected chi connectivity index (χ3v) is 6.06. The fourth-order valence-electron chi connectivity index (χ4n) is 3.74. The van der Waals surface area contributed by atoms with E-state index in [1.54, 1.807) is 57.2 Å². The van der Waals surface area contributed by atoms with E-state index in [0.29, 0.717) is 28.0 Å². The molecule has 1 unspecified atom stereocenters. The maximum absolute atomic E-state index is 13.1. The largest absolute Gasteiger partial charge is 0.505 e. The molecule has 0 aliphatic carbocycles. The van der Waals surface area contributed by atoms with Crippen LogP contribution in [0.5, 0.6) is 17.2 Å². The molecule has 2 aromatic carbocycles. The van der Waals surface area contributed by atoms with Crippen molar-refractivity contribution in [2.24, 2.45) is 0 Å². The molecule has 198 valence electrons. The number of fused-ring (bicyclic) bond motifs is 2. The Morgan fingerprint density at radius 2 is 1.87 bits per heavy atom. The van der Waals surface area contributed by atoms with Crippen molar-refractivity contribution in [2.75, 3.05) is 17.4 Å². The number of phenols is 1. The molecule has 12 heteroatoms. The van der Waals surface area contributed by atoms with Gasteiger partial charge in [-0.2, -0.15) is 0 Å². The lowest BCUT2D eigenvalue weighted by Crippen LogP contribution is -2.31. The molecular weight excluding hydrogens is 510 g/mol. The number of ether oxygens (including phenoxy) is 3. The number of benzene rings is 2. The van der Waals surface area contributed by atoms with Gasteiger partial charge in [0.15, 0.2) is 23.3 Å². The Balaban J connectivity index is 0.00000336. The molecule has 11 nitrogen and oxygen atoms in total. The second kappa shape index (κ2) is 10.5. The summed E-state index contributed by atoms with van der Waals surface area (Å²) in [4.78, 5) is 30.1. The Kier molecular flexibility index (Phi) is 7.35. The highest BCUT2D eigenvalue weighted by molar-refractivity contribution is 7.19. The van der Waals surface area contributed by atoms with Crippen LogP contribution in [0.25, 0.3) is 10.9 Å². The molecule has 0 spiro atoms. The van der Waals surface area contributed by atoms with Crippen molar-refractivity contribution in [2.45, 2.75) is 39.8 Å². The monoisotopic (exact) mass is 537 g/mol. The Morgan fingerprint density at radius 3 is 2.66 bits per heavy atom. The van der Waals surface area contributed by atoms with Crippen LogP contribution in [0.15, 0.2) is 48.7 Å². The zero-order valence-corrected chi connectivity index (χ0v) is 21.0. The first-order chi connectivity index (χ1) is 17.7. The van der Waals surface area contributed by atoms with E-state index in [9.17, 15) is 14.7 Å². The summed E-state index contributed by atoms with van der Waals surface area (Å²) in [5, 5.41) is 25.4. The van der Waals surface area contributed by atoms with Crippen LogP contribution in [0.3, 0.4) is 0 Å². The molecule has 0 saturated carbocycles. The highest BCUT2D eigenvalue weighted by atomic mass is 32.1. The minimum Gasteiger partial charge on any atom is -0.505 e. The minimum absolute atomic E-state index is 0. The Labute approximate surface area is 222 Å². The van der Waals surface area contributed by atoms with Gasteiger partial charge in [-0.05, 0) is 39.0 Å². The summed E-state index contributed by atoms with van der Waals surface area (Å²) in [6.07, 6.45) is 1.53. The second-order valence-electron chi connectivity index (χ2n) is 9.10. The SMILES string of the molecule is C.CC(C)(C)OC(=O)C(Nc1nnc(NC(=O)c2ccc3cccnc3c2O)s1)c1cccc2c1OCO2. The Morgan fingerprint density at radius 1 is 1.08 bits per heavy atom. The van der Waals surface area contributed by atoms with E-state index in [4.69, 9.17) is 14.2 Å². The molecule has 2 aromatic heterocycles. The molecule has 1 aliphatic heterocycles. The van der Waals surface area contributed by atoms with Crippen molar-refractivity contribution in [3.63, 3.8) is 0 Å². The molecule has 1 amide bonds. The summed E-state index contributed by atoms with van der Waals surface area (Å²) in [7, 11) is 0. The van der Waals surface area contributed by atoms with Gasteiger partial charge in [0, 0.05) is 17.1 Å². The standard InChI is InChI=1S/C25H23N5O6S.CH4/c1-25(2,3)36-22(33)18(14-7-4-8-16-20(14)35-12-34-16)27-23-29-30-24(37-23)28-21(32)15-10-9-13-6-5-11-26-17(13)19(15)31;/h4-11,18,31H,12H2,1-3H3,(H,27,29)(H,28,30,32);1H4. The number of nitrogens with zero attached hydrogens (tertiary/aromatic N) is 3. The van der Waals surface area contributed by atoms with Crippen LogP contribution >= 0.6 is 11.3 Å². The van der Waals surface area contributed by atoms with Gasteiger partial charge in [-0.25, -0.2) is 4.79 Å².